The van der Waals surface area contributed by atoms with E-state index in [1.54, 1.807) is 18.2 Å². The number of nitrogens with one attached hydrogen (secondary N) is 1. The molecule has 1 N–H and O–H groups in total. The fourth-order valence-electron chi connectivity index (χ4n) is 2.96. The summed E-state index contributed by atoms with van der Waals surface area (Å²) in [7, 11) is -3.62. The molecule has 140 valence electrons. The van der Waals surface area contributed by atoms with E-state index in [1.165, 1.54) is 4.31 Å². The summed E-state index contributed by atoms with van der Waals surface area (Å²) in [5, 5.41) is 2.94. The molecule has 0 fully saturated rings. The van der Waals surface area contributed by atoms with E-state index in [-0.39, 0.29) is 11.9 Å². The van der Waals surface area contributed by atoms with Crippen molar-refractivity contribution < 1.29 is 13.2 Å². The van der Waals surface area contributed by atoms with Crippen molar-refractivity contribution in [2.75, 3.05) is 10.6 Å². The van der Waals surface area contributed by atoms with Crippen LogP contribution in [0.15, 0.2) is 54.6 Å². The van der Waals surface area contributed by atoms with Crippen molar-refractivity contribution in [3.05, 3.63) is 65.7 Å². The van der Waals surface area contributed by atoms with Crippen LogP contribution in [0.5, 0.6) is 0 Å². The van der Waals surface area contributed by atoms with Gasteiger partial charge in [0.1, 0.15) is 6.04 Å². The summed E-state index contributed by atoms with van der Waals surface area (Å²) in [5.41, 5.74) is 2.41. The molecule has 0 heterocycles. The van der Waals surface area contributed by atoms with Gasteiger partial charge in [0.25, 0.3) is 0 Å². The molecule has 0 aliphatic rings. The van der Waals surface area contributed by atoms with Crippen LogP contribution >= 0.6 is 0 Å². The highest BCUT2D eigenvalue weighted by Crippen LogP contribution is 2.24. The molecule has 2 rings (SSSR count). The minimum absolute atomic E-state index is 0.211. The lowest BCUT2D eigenvalue weighted by Crippen LogP contribution is -2.49. The van der Waals surface area contributed by atoms with Gasteiger partial charge in [0.15, 0.2) is 0 Å². The largest absolute Gasteiger partial charge is 0.348 e. The number of sulfonamides is 1. The Bertz CT molecular complexity index is 850. The Morgan fingerprint density at radius 2 is 1.77 bits per heavy atom. The lowest BCUT2D eigenvalue weighted by Gasteiger charge is -2.31. The molecular formula is C20H26N2O3S. The molecule has 0 saturated heterocycles. The van der Waals surface area contributed by atoms with Crippen molar-refractivity contribution in [2.24, 2.45) is 0 Å². The van der Waals surface area contributed by atoms with Crippen LogP contribution in [0.25, 0.3) is 0 Å². The first-order chi connectivity index (χ1) is 12.2. The predicted octanol–water partition coefficient (Wildman–Crippen LogP) is 3.42. The van der Waals surface area contributed by atoms with Gasteiger partial charge in [-0.3, -0.25) is 9.10 Å². The molecule has 1 amide bonds. The topological polar surface area (TPSA) is 66.5 Å². The molecule has 0 aromatic heterocycles. The number of carbonyl (C=O) groups is 1. The number of anilines is 1. The number of hydrogen-bond acceptors (Lipinski definition) is 3. The van der Waals surface area contributed by atoms with E-state index in [0.717, 1.165) is 17.4 Å². The van der Waals surface area contributed by atoms with Crippen molar-refractivity contribution in [1.29, 1.82) is 0 Å². The molecule has 26 heavy (non-hydrogen) atoms. The Morgan fingerprint density at radius 3 is 2.31 bits per heavy atom. The Labute approximate surface area is 156 Å². The van der Waals surface area contributed by atoms with Crippen molar-refractivity contribution in [3.63, 3.8) is 0 Å². The molecule has 6 heteroatoms. The van der Waals surface area contributed by atoms with Crippen molar-refractivity contribution >= 4 is 21.6 Å². The molecular weight excluding hydrogens is 348 g/mol. The minimum Gasteiger partial charge on any atom is -0.348 e. The van der Waals surface area contributed by atoms with Gasteiger partial charge in [0.2, 0.25) is 15.9 Å². The van der Waals surface area contributed by atoms with Crippen molar-refractivity contribution in [1.82, 2.24) is 5.32 Å². The molecule has 2 unspecified atom stereocenters. The number of hydrogen-bond donors (Lipinski definition) is 1. The molecule has 0 saturated carbocycles. The number of aryl methyl sites for hydroxylation is 1. The van der Waals surface area contributed by atoms with Gasteiger partial charge in [-0.15, -0.1) is 0 Å². The highest BCUT2D eigenvalue weighted by atomic mass is 32.2. The third-order valence-electron chi connectivity index (χ3n) is 4.24. The predicted molar refractivity (Wildman–Crippen MR) is 106 cm³/mol. The highest BCUT2D eigenvalue weighted by Gasteiger charge is 2.32. The number of amides is 1. The zero-order valence-electron chi connectivity index (χ0n) is 15.6. The highest BCUT2D eigenvalue weighted by molar-refractivity contribution is 7.92. The standard InChI is InChI=1S/C20H26N2O3S/c1-5-19(20(23)21-16(3)17-11-7-6-8-12-17)22(26(4,24)25)18-13-9-10-15(2)14-18/h6-14,16,19H,5H2,1-4H3,(H,21,23). The van der Waals surface area contributed by atoms with Crippen LogP contribution in [0.3, 0.4) is 0 Å². The maximum absolute atomic E-state index is 12.9. The van der Waals surface area contributed by atoms with Gasteiger partial charge >= 0.3 is 0 Å². The summed E-state index contributed by atoms with van der Waals surface area (Å²) in [5.74, 6) is -0.309. The van der Waals surface area contributed by atoms with Gasteiger partial charge in [-0.1, -0.05) is 49.4 Å². The average Bonchev–Trinajstić information content (AvgIpc) is 2.58. The molecule has 0 spiro atoms. The lowest BCUT2D eigenvalue weighted by atomic mass is 10.1. The molecule has 2 aromatic carbocycles. The van der Waals surface area contributed by atoms with Crippen LogP contribution < -0.4 is 9.62 Å². The Morgan fingerprint density at radius 1 is 1.12 bits per heavy atom. The zero-order chi connectivity index (χ0) is 19.3. The Balaban J connectivity index is 2.31. The van der Waals surface area contributed by atoms with Gasteiger partial charge < -0.3 is 5.32 Å². The third kappa shape index (κ3) is 4.85. The van der Waals surface area contributed by atoms with Crippen LogP contribution in [0.2, 0.25) is 0 Å². The fourth-order valence-corrected chi connectivity index (χ4v) is 4.16. The summed E-state index contributed by atoms with van der Waals surface area (Å²) >= 11 is 0. The van der Waals surface area contributed by atoms with E-state index in [1.807, 2.05) is 57.2 Å². The number of carbonyl (C=O) groups excluding carboxylic acids is 1. The molecule has 2 atom stereocenters. The second kappa shape index (κ2) is 8.36. The SMILES string of the molecule is CCC(C(=O)NC(C)c1ccccc1)N(c1cccc(C)c1)S(C)(=O)=O. The first-order valence-corrected chi connectivity index (χ1v) is 10.5. The number of benzene rings is 2. The monoisotopic (exact) mass is 374 g/mol. The lowest BCUT2D eigenvalue weighted by molar-refractivity contribution is -0.122. The van der Waals surface area contributed by atoms with Crippen LogP contribution in [0.4, 0.5) is 5.69 Å². The summed E-state index contributed by atoms with van der Waals surface area (Å²) in [6.07, 6.45) is 1.50. The van der Waals surface area contributed by atoms with Crippen LogP contribution in [-0.2, 0) is 14.8 Å². The molecule has 2 aromatic rings. The third-order valence-corrected chi connectivity index (χ3v) is 5.42. The first kappa shape index (κ1) is 20.0. The van der Waals surface area contributed by atoms with E-state index >= 15 is 0 Å². The zero-order valence-corrected chi connectivity index (χ0v) is 16.5. The van der Waals surface area contributed by atoms with E-state index in [2.05, 4.69) is 5.32 Å². The van der Waals surface area contributed by atoms with E-state index in [9.17, 15) is 13.2 Å². The molecule has 5 nitrogen and oxygen atoms in total. The van der Waals surface area contributed by atoms with Crippen LogP contribution in [0.1, 0.15) is 37.4 Å². The molecule has 0 radical (unpaired) electrons. The van der Waals surface area contributed by atoms with Gasteiger partial charge in [-0.25, -0.2) is 8.42 Å². The van der Waals surface area contributed by atoms with Crippen LogP contribution in [-0.4, -0.2) is 26.6 Å². The van der Waals surface area contributed by atoms with Crippen molar-refractivity contribution in [3.8, 4) is 0 Å². The Kier molecular flexibility index (Phi) is 6.42. The van der Waals surface area contributed by atoms with Crippen LogP contribution in [0, 0.1) is 6.92 Å². The number of nitrogens with zero attached hydrogens (tertiary/aromatic N) is 1. The number of rotatable bonds is 7. The maximum Gasteiger partial charge on any atom is 0.244 e. The summed E-state index contributed by atoms with van der Waals surface area (Å²) < 4.78 is 26.1. The van der Waals surface area contributed by atoms with Gasteiger partial charge in [-0.05, 0) is 43.5 Å². The van der Waals surface area contributed by atoms with E-state index in [0.29, 0.717) is 12.1 Å². The second-order valence-corrected chi connectivity index (χ2v) is 8.32. The van der Waals surface area contributed by atoms with E-state index in [4.69, 9.17) is 0 Å². The Hall–Kier alpha value is -2.34. The first-order valence-electron chi connectivity index (χ1n) is 8.65. The smallest absolute Gasteiger partial charge is 0.244 e. The van der Waals surface area contributed by atoms with E-state index < -0.39 is 16.1 Å². The van der Waals surface area contributed by atoms with Gasteiger partial charge in [-0.2, -0.15) is 0 Å². The molecule has 0 aliphatic heterocycles. The minimum atomic E-state index is -3.62. The molecule has 0 aliphatic carbocycles. The quantitative estimate of drug-likeness (QED) is 0.807. The second-order valence-electron chi connectivity index (χ2n) is 6.46. The molecule has 0 bridgehead atoms. The average molecular weight is 375 g/mol. The van der Waals surface area contributed by atoms with Crippen molar-refractivity contribution in [2.45, 2.75) is 39.3 Å². The summed E-state index contributed by atoms with van der Waals surface area (Å²) in [4.78, 5) is 12.9. The summed E-state index contributed by atoms with van der Waals surface area (Å²) in [6, 6.07) is 15.7. The maximum atomic E-state index is 12.9. The van der Waals surface area contributed by atoms with Gasteiger partial charge in [0.05, 0.1) is 18.0 Å². The van der Waals surface area contributed by atoms with Gasteiger partial charge in [0, 0.05) is 0 Å². The normalized spacial score (nSPS) is 13.7. The fraction of sp³-hybridized carbons (Fsp3) is 0.350. The summed E-state index contributed by atoms with van der Waals surface area (Å²) in [6.45, 7) is 5.59.